The van der Waals surface area contributed by atoms with Gasteiger partial charge in [-0.2, -0.15) is 0 Å². The van der Waals surface area contributed by atoms with Crippen molar-refractivity contribution in [3.63, 3.8) is 0 Å². The molecule has 0 amide bonds. The summed E-state index contributed by atoms with van der Waals surface area (Å²) in [5.74, 6) is 0.955. The Balaban J connectivity index is 1.96. The van der Waals surface area contributed by atoms with Crippen molar-refractivity contribution in [1.29, 1.82) is 0 Å². The van der Waals surface area contributed by atoms with Gasteiger partial charge in [-0.15, -0.1) is 11.8 Å². The molecule has 2 aromatic rings. The molecule has 0 radical (unpaired) electrons. The maximum atomic E-state index is 9.05. The van der Waals surface area contributed by atoms with E-state index < -0.39 is 0 Å². The number of rotatable bonds is 3. The van der Waals surface area contributed by atoms with Crippen LogP contribution in [-0.4, -0.2) is 5.21 Å². The largest absolute Gasteiger partial charge is 0.285 e. The molecule has 1 aromatic carbocycles. The van der Waals surface area contributed by atoms with Crippen molar-refractivity contribution in [2.24, 2.45) is 0 Å². The molecule has 0 fully saturated rings. The zero-order chi connectivity index (χ0) is 10.5. The van der Waals surface area contributed by atoms with E-state index in [0.717, 1.165) is 15.4 Å². The number of thioether (sulfide) groups is 1. The summed E-state index contributed by atoms with van der Waals surface area (Å²) >= 11 is 1.76. The third-order valence-corrected chi connectivity index (χ3v) is 3.11. The van der Waals surface area contributed by atoms with Crippen molar-refractivity contribution in [3.8, 4) is 0 Å². The average molecular weight is 218 g/mol. The quantitative estimate of drug-likeness (QED) is 0.486. The zero-order valence-corrected chi connectivity index (χ0v) is 9.02. The minimum atomic E-state index is 0.955. The van der Waals surface area contributed by atoms with Crippen LogP contribution < -0.4 is 4.73 Å². The van der Waals surface area contributed by atoms with Crippen molar-refractivity contribution < 1.29 is 9.94 Å². The van der Waals surface area contributed by atoms with Gasteiger partial charge < -0.3 is 0 Å². The average Bonchev–Trinajstić information content (AvgIpc) is 2.30. The molecule has 15 heavy (non-hydrogen) atoms. The normalized spacial score (nSPS) is 10.1. The summed E-state index contributed by atoms with van der Waals surface area (Å²) in [7, 11) is 0. The van der Waals surface area contributed by atoms with E-state index in [9.17, 15) is 0 Å². The molecule has 76 valence electrons. The highest BCUT2D eigenvalue weighted by Gasteiger charge is 1.99. The van der Waals surface area contributed by atoms with Gasteiger partial charge in [-0.25, -0.2) is 0 Å². The molecule has 2 nitrogen and oxygen atoms in total. The molecule has 0 aliphatic carbocycles. The van der Waals surface area contributed by atoms with Crippen LogP contribution in [0.15, 0.2) is 59.8 Å². The van der Waals surface area contributed by atoms with E-state index in [1.807, 2.05) is 30.3 Å². The lowest BCUT2D eigenvalue weighted by atomic mass is 10.2. The first kappa shape index (κ1) is 10.1. The number of hydrogen-bond acceptors (Lipinski definition) is 2. The Labute approximate surface area is 93.2 Å². The molecular formula is C12H12NOS+. The molecule has 0 unspecified atom stereocenters. The molecule has 0 aliphatic heterocycles. The van der Waals surface area contributed by atoms with E-state index >= 15 is 0 Å². The van der Waals surface area contributed by atoms with E-state index in [4.69, 9.17) is 5.21 Å². The van der Waals surface area contributed by atoms with Gasteiger partial charge in [-0.1, -0.05) is 30.3 Å². The molecule has 0 atom stereocenters. The van der Waals surface area contributed by atoms with Crippen LogP contribution in [0.4, 0.5) is 0 Å². The van der Waals surface area contributed by atoms with Gasteiger partial charge in [0.15, 0.2) is 0 Å². The molecule has 3 heteroatoms. The van der Waals surface area contributed by atoms with Crippen molar-refractivity contribution >= 4 is 11.8 Å². The van der Waals surface area contributed by atoms with Crippen molar-refractivity contribution in [1.82, 2.24) is 0 Å². The fourth-order valence-electron chi connectivity index (χ4n) is 1.24. The van der Waals surface area contributed by atoms with Gasteiger partial charge in [-0.05, 0) is 5.56 Å². The Hall–Kier alpha value is -1.48. The van der Waals surface area contributed by atoms with Crippen molar-refractivity contribution in [2.75, 3.05) is 0 Å². The topological polar surface area (TPSA) is 24.1 Å². The fourth-order valence-corrected chi connectivity index (χ4v) is 2.08. The highest BCUT2D eigenvalue weighted by Crippen LogP contribution is 2.20. The van der Waals surface area contributed by atoms with Crippen LogP contribution in [0.2, 0.25) is 0 Å². The smallest absolute Gasteiger partial charge is 0.223 e. The molecule has 0 spiro atoms. The Morgan fingerprint density at radius 1 is 1.00 bits per heavy atom. The first-order valence-electron chi connectivity index (χ1n) is 4.72. The van der Waals surface area contributed by atoms with Crippen molar-refractivity contribution in [2.45, 2.75) is 10.6 Å². The zero-order valence-electron chi connectivity index (χ0n) is 8.21. The first-order chi connectivity index (χ1) is 7.34. The Bertz CT molecular complexity index is 413. The van der Waals surface area contributed by atoms with Crippen molar-refractivity contribution in [3.05, 3.63) is 60.4 Å². The van der Waals surface area contributed by atoms with E-state index in [-0.39, 0.29) is 0 Å². The Kier molecular flexibility index (Phi) is 3.25. The minimum absolute atomic E-state index is 0.955. The molecule has 0 bridgehead atoms. The summed E-state index contributed by atoms with van der Waals surface area (Å²) in [5, 5.41) is 9.05. The molecule has 2 rings (SSSR count). The summed E-state index contributed by atoms with van der Waals surface area (Å²) in [6, 6.07) is 14.1. The van der Waals surface area contributed by atoms with Gasteiger partial charge in [-0.3, -0.25) is 5.21 Å². The van der Waals surface area contributed by atoms with E-state index in [0.29, 0.717) is 0 Å². The van der Waals surface area contributed by atoms with Gasteiger partial charge in [0.05, 0.1) is 0 Å². The van der Waals surface area contributed by atoms with Crippen LogP contribution in [0.1, 0.15) is 5.56 Å². The van der Waals surface area contributed by atoms with E-state index in [1.165, 1.54) is 5.56 Å². The second-order valence-electron chi connectivity index (χ2n) is 3.19. The highest BCUT2D eigenvalue weighted by atomic mass is 32.2. The molecule has 0 aliphatic rings. The van der Waals surface area contributed by atoms with Crippen LogP contribution in [0, 0.1) is 0 Å². The van der Waals surface area contributed by atoms with Crippen LogP contribution >= 0.6 is 11.8 Å². The van der Waals surface area contributed by atoms with E-state index in [2.05, 4.69) is 12.1 Å². The van der Waals surface area contributed by atoms with Gasteiger partial charge in [0, 0.05) is 27.5 Å². The number of benzene rings is 1. The molecule has 1 aromatic heterocycles. The summed E-state index contributed by atoms with van der Waals surface area (Å²) in [6.07, 6.45) is 3.26. The third-order valence-electron chi connectivity index (χ3n) is 2.03. The molecular weight excluding hydrogens is 206 g/mol. The second-order valence-corrected chi connectivity index (χ2v) is 4.24. The fraction of sp³-hybridized carbons (Fsp3) is 0.0833. The molecule has 1 heterocycles. The van der Waals surface area contributed by atoms with Crippen LogP contribution in [0.25, 0.3) is 0 Å². The maximum absolute atomic E-state index is 9.05. The minimum Gasteiger partial charge on any atom is -0.285 e. The Morgan fingerprint density at radius 2 is 1.67 bits per heavy atom. The lowest BCUT2D eigenvalue weighted by molar-refractivity contribution is -0.905. The summed E-state index contributed by atoms with van der Waals surface area (Å²) in [6.45, 7) is 0. The monoisotopic (exact) mass is 218 g/mol. The summed E-state index contributed by atoms with van der Waals surface area (Å²) in [4.78, 5) is 1.16. The van der Waals surface area contributed by atoms with Gasteiger partial charge in [0.25, 0.3) is 0 Å². The summed E-state index contributed by atoms with van der Waals surface area (Å²) in [5.41, 5.74) is 1.31. The lowest BCUT2D eigenvalue weighted by Crippen LogP contribution is -2.27. The summed E-state index contributed by atoms with van der Waals surface area (Å²) < 4.78 is 1.05. The predicted molar refractivity (Wildman–Crippen MR) is 59.8 cm³/mol. The lowest BCUT2D eigenvalue weighted by Gasteiger charge is -1.99. The predicted octanol–water partition coefficient (Wildman–Crippen LogP) is 2.50. The van der Waals surface area contributed by atoms with Crippen LogP contribution in [0.5, 0.6) is 0 Å². The number of nitrogens with zero attached hydrogens (tertiary/aromatic N) is 1. The van der Waals surface area contributed by atoms with Crippen LogP contribution in [-0.2, 0) is 5.75 Å². The molecule has 1 N–H and O–H groups in total. The second kappa shape index (κ2) is 4.84. The maximum Gasteiger partial charge on any atom is 0.223 e. The molecule has 0 saturated carbocycles. The first-order valence-corrected chi connectivity index (χ1v) is 5.70. The third kappa shape index (κ3) is 2.99. The SMILES string of the molecule is O[n+]1ccc(SCc2ccccc2)cc1. The van der Waals surface area contributed by atoms with Gasteiger partial charge in [0.1, 0.15) is 0 Å². The van der Waals surface area contributed by atoms with Crippen LogP contribution in [0.3, 0.4) is 0 Å². The Morgan fingerprint density at radius 3 is 2.33 bits per heavy atom. The number of aromatic nitrogens is 1. The molecule has 0 saturated heterocycles. The highest BCUT2D eigenvalue weighted by molar-refractivity contribution is 7.98. The number of pyridine rings is 1. The standard InChI is InChI=1S/C12H12NOS/c14-13-8-6-12(7-9-13)15-10-11-4-2-1-3-5-11/h1-9,14H,10H2/q+1. The van der Waals surface area contributed by atoms with Gasteiger partial charge >= 0.3 is 0 Å². The number of hydrogen-bond donors (Lipinski definition) is 1. The van der Waals surface area contributed by atoms with Gasteiger partial charge in [0.2, 0.25) is 12.4 Å². The van der Waals surface area contributed by atoms with E-state index in [1.54, 1.807) is 24.2 Å².